The van der Waals surface area contributed by atoms with Gasteiger partial charge in [0.05, 0.1) is 5.69 Å². The van der Waals surface area contributed by atoms with Crippen molar-refractivity contribution in [2.45, 2.75) is 25.9 Å². The highest BCUT2D eigenvalue weighted by Crippen LogP contribution is 2.13. The highest BCUT2D eigenvalue weighted by Gasteiger charge is 2.24. The van der Waals surface area contributed by atoms with E-state index < -0.39 is 0 Å². The molecule has 1 aromatic heterocycles. The molecule has 0 radical (unpaired) electrons. The maximum absolute atomic E-state index is 12.4. The van der Waals surface area contributed by atoms with Crippen LogP contribution in [0.5, 0.6) is 0 Å². The van der Waals surface area contributed by atoms with E-state index >= 15 is 0 Å². The fourth-order valence-electron chi connectivity index (χ4n) is 2.97. The molecule has 1 amide bonds. The molecule has 0 saturated carbocycles. The first-order valence-electron chi connectivity index (χ1n) is 7.94. The van der Waals surface area contributed by atoms with Crippen LogP contribution >= 0.6 is 11.8 Å². The van der Waals surface area contributed by atoms with Gasteiger partial charge in [0.25, 0.3) is 0 Å². The summed E-state index contributed by atoms with van der Waals surface area (Å²) in [5.41, 5.74) is 0.973. The summed E-state index contributed by atoms with van der Waals surface area (Å²) in [5, 5.41) is 7.47. The minimum Gasteiger partial charge on any atom is -0.361 e. The van der Waals surface area contributed by atoms with E-state index in [2.05, 4.69) is 15.4 Å². The largest absolute Gasteiger partial charge is 0.361 e. The summed E-state index contributed by atoms with van der Waals surface area (Å²) in [7, 11) is 0. The van der Waals surface area contributed by atoms with Crippen molar-refractivity contribution < 1.29 is 9.32 Å². The Balaban J connectivity index is 1.41. The van der Waals surface area contributed by atoms with Crippen LogP contribution in [0.25, 0.3) is 0 Å². The number of nitrogens with zero attached hydrogens (tertiary/aromatic N) is 3. The van der Waals surface area contributed by atoms with Crippen molar-refractivity contribution in [1.29, 1.82) is 0 Å². The minimum atomic E-state index is 0.289. The molecule has 2 aliphatic rings. The summed E-state index contributed by atoms with van der Waals surface area (Å²) in [6.45, 7) is 7.18. The van der Waals surface area contributed by atoms with Crippen molar-refractivity contribution in [1.82, 2.24) is 20.3 Å². The standard InChI is InChI=1S/C15H24N4O2S/c1-12-8-13(17-21-12)10-18-3-5-19(6-4-18)15(20)9-14-11-22-7-2-16-14/h8,14,16H,2-7,9-11H2,1H3. The van der Waals surface area contributed by atoms with Crippen molar-refractivity contribution in [2.75, 3.05) is 44.2 Å². The monoisotopic (exact) mass is 324 g/mol. The lowest BCUT2D eigenvalue weighted by Crippen LogP contribution is -2.50. The van der Waals surface area contributed by atoms with Crippen LogP contribution in [0, 0.1) is 6.92 Å². The van der Waals surface area contributed by atoms with E-state index in [1.165, 1.54) is 0 Å². The van der Waals surface area contributed by atoms with Gasteiger partial charge in [0.1, 0.15) is 5.76 Å². The summed E-state index contributed by atoms with van der Waals surface area (Å²) < 4.78 is 5.10. The topological polar surface area (TPSA) is 61.6 Å². The predicted molar refractivity (Wildman–Crippen MR) is 86.8 cm³/mol. The third-order valence-electron chi connectivity index (χ3n) is 4.21. The number of nitrogens with one attached hydrogen (secondary N) is 1. The van der Waals surface area contributed by atoms with Crippen molar-refractivity contribution in [3.63, 3.8) is 0 Å². The zero-order valence-corrected chi connectivity index (χ0v) is 13.9. The quantitative estimate of drug-likeness (QED) is 0.881. The van der Waals surface area contributed by atoms with E-state index in [-0.39, 0.29) is 5.91 Å². The van der Waals surface area contributed by atoms with Gasteiger partial charge in [0.15, 0.2) is 0 Å². The Morgan fingerprint density at radius 3 is 2.91 bits per heavy atom. The molecule has 3 heterocycles. The van der Waals surface area contributed by atoms with Gasteiger partial charge >= 0.3 is 0 Å². The highest BCUT2D eigenvalue weighted by atomic mass is 32.2. The highest BCUT2D eigenvalue weighted by molar-refractivity contribution is 7.99. The normalized spacial score (nSPS) is 23.7. The molecule has 0 spiro atoms. The Labute approximate surface area is 135 Å². The fraction of sp³-hybridized carbons (Fsp3) is 0.733. The molecular formula is C15H24N4O2S. The third kappa shape index (κ3) is 4.24. The number of hydrogen-bond acceptors (Lipinski definition) is 6. The molecule has 1 aromatic rings. The maximum atomic E-state index is 12.4. The minimum absolute atomic E-state index is 0.289. The molecule has 2 fully saturated rings. The van der Waals surface area contributed by atoms with Crippen LogP contribution in [0.3, 0.4) is 0 Å². The zero-order valence-electron chi connectivity index (χ0n) is 13.1. The molecule has 7 heteroatoms. The molecule has 2 saturated heterocycles. The molecule has 6 nitrogen and oxygen atoms in total. The van der Waals surface area contributed by atoms with Crippen LogP contribution in [-0.4, -0.2) is 71.1 Å². The lowest BCUT2D eigenvalue weighted by atomic mass is 10.2. The van der Waals surface area contributed by atoms with Crippen LogP contribution in [0.15, 0.2) is 10.6 Å². The van der Waals surface area contributed by atoms with Gasteiger partial charge in [-0.1, -0.05) is 5.16 Å². The smallest absolute Gasteiger partial charge is 0.224 e. The number of aryl methyl sites for hydroxylation is 1. The Morgan fingerprint density at radius 1 is 1.45 bits per heavy atom. The zero-order chi connectivity index (χ0) is 15.4. The second-order valence-electron chi connectivity index (χ2n) is 6.02. The summed E-state index contributed by atoms with van der Waals surface area (Å²) in [4.78, 5) is 16.7. The molecule has 0 bridgehead atoms. The Hall–Kier alpha value is -1.05. The predicted octanol–water partition coefficient (Wildman–Crippen LogP) is 0.722. The molecule has 1 N–H and O–H groups in total. The molecule has 0 aromatic carbocycles. The van der Waals surface area contributed by atoms with Crippen LogP contribution < -0.4 is 5.32 Å². The van der Waals surface area contributed by atoms with E-state index in [9.17, 15) is 4.79 Å². The summed E-state index contributed by atoms with van der Waals surface area (Å²) in [6, 6.07) is 2.33. The first kappa shape index (κ1) is 15.8. The van der Waals surface area contributed by atoms with Gasteiger partial charge in [0.2, 0.25) is 5.91 Å². The number of hydrogen-bond donors (Lipinski definition) is 1. The van der Waals surface area contributed by atoms with Gasteiger partial charge in [-0.25, -0.2) is 0 Å². The number of carbonyl (C=O) groups is 1. The average Bonchev–Trinajstić information content (AvgIpc) is 2.94. The first-order valence-corrected chi connectivity index (χ1v) is 9.09. The number of amides is 1. The van der Waals surface area contributed by atoms with Gasteiger partial charge in [-0.05, 0) is 6.92 Å². The lowest BCUT2D eigenvalue weighted by molar-refractivity contribution is -0.133. The van der Waals surface area contributed by atoms with E-state index in [0.717, 1.165) is 62.2 Å². The van der Waals surface area contributed by atoms with Gasteiger partial charge in [0, 0.05) is 69.3 Å². The molecule has 1 unspecified atom stereocenters. The van der Waals surface area contributed by atoms with E-state index in [0.29, 0.717) is 12.5 Å². The van der Waals surface area contributed by atoms with Crippen LogP contribution in [0.4, 0.5) is 0 Å². The van der Waals surface area contributed by atoms with E-state index in [4.69, 9.17) is 4.52 Å². The molecule has 0 aliphatic carbocycles. The maximum Gasteiger partial charge on any atom is 0.224 e. The number of aromatic nitrogens is 1. The van der Waals surface area contributed by atoms with E-state index in [1.54, 1.807) is 0 Å². The van der Waals surface area contributed by atoms with Crippen LogP contribution in [0.1, 0.15) is 17.9 Å². The Kier molecular flexibility index (Phi) is 5.38. The number of carbonyl (C=O) groups excluding carboxylic acids is 1. The van der Waals surface area contributed by atoms with Gasteiger partial charge in [-0.2, -0.15) is 11.8 Å². The fourth-order valence-corrected chi connectivity index (χ4v) is 3.92. The summed E-state index contributed by atoms with van der Waals surface area (Å²) >= 11 is 1.94. The number of thioether (sulfide) groups is 1. The molecule has 3 rings (SSSR count). The van der Waals surface area contributed by atoms with Crippen LogP contribution in [0.2, 0.25) is 0 Å². The first-order chi connectivity index (χ1) is 10.7. The van der Waals surface area contributed by atoms with Crippen molar-refractivity contribution in [2.24, 2.45) is 0 Å². The Bertz CT molecular complexity index is 493. The second kappa shape index (κ2) is 7.48. The van der Waals surface area contributed by atoms with Crippen LogP contribution in [-0.2, 0) is 11.3 Å². The molecular weight excluding hydrogens is 300 g/mol. The van der Waals surface area contributed by atoms with Gasteiger partial charge in [-0.3, -0.25) is 9.69 Å². The molecule has 122 valence electrons. The Morgan fingerprint density at radius 2 is 2.27 bits per heavy atom. The molecule has 2 aliphatic heterocycles. The SMILES string of the molecule is Cc1cc(CN2CCN(C(=O)CC3CSCCN3)CC2)no1. The molecule has 22 heavy (non-hydrogen) atoms. The number of piperazine rings is 1. The van der Waals surface area contributed by atoms with Crippen molar-refractivity contribution >= 4 is 17.7 Å². The second-order valence-corrected chi connectivity index (χ2v) is 7.17. The number of rotatable bonds is 4. The summed E-state index contributed by atoms with van der Waals surface area (Å²) in [6.07, 6.45) is 0.634. The molecule has 1 atom stereocenters. The van der Waals surface area contributed by atoms with Crippen molar-refractivity contribution in [3.8, 4) is 0 Å². The lowest BCUT2D eigenvalue weighted by Gasteiger charge is -2.35. The van der Waals surface area contributed by atoms with Gasteiger partial charge in [-0.15, -0.1) is 0 Å². The van der Waals surface area contributed by atoms with E-state index in [1.807, 2.05) is 29.7 Å². The summed E-state index contributed by atoms with van der Waals surface area (Å²) in [5.74, 6) is 3.35. The third-order valence-corrected chi connectivity index (χ3v) is 5.34. The van der Waals surface area contributed by atoms with Crippen molar-refractivity contribution in [3.05, 3.63) is 17.5 Å². The average molecular weight is 324 g/mol. The van der Waals surface area contributed by atoms with Gasteiger partial charge < -0.3 is 14.7 Å².